The Morgan fingerprint density at radius 1 is 1.24 bits per heavy atom. The van der Waals surface area contributed by atoms with Crippen LogP contribution in [0, 0.1) is 11.8 Å². The van der Waals surface area contributed by atoms with Crippen LogP contribution in [-0.2, 0) is 16.1 Å². The fourth-order valence-corrected chi connectivity index (χ4v) is 2.08. The minimum atomic E-state index is -0.876. The molecule has 0 radical (unpaired) electrons. The maximum Gasteiger partial charge on any atom is 0.308 e. The Morgan fingerprint density at radius 2 is 1.86 bits per heavy atom. The number of carboxylic acids is 1. The largest absolute Gasteiger partial charge is 0.481 e. The second-order valence-electron chi connectivity index (χ2n) is 5.50. The molecular formula is C16H23NO4. The van der Waals surface area contributed by atoms with Crippen LogP contribution >= 0.6 is 0 Å². The van der Waals surface area contributed by atoms with Crippen molar-refractivity contribution in [1.29, 1.82) is 0 Å². The van der Waals surface area contributed by atoms with Crippen LogP contribution in [0.1, 0.15) is 36.2 Å². The number of nitrogens with one attached hydrogen (secondary N) is 1. The van der Waals surface area contributed by atoms with Crippen molar-refractivity contribution < 1.29 is 19.4 Å². The summed E-state index contributed by atoms with van der Waals surface area (Å²) in [6, 6.07) is 7.06. The summed E-state index contributed by atoms with van der Waals surface area (Å²) in [5.74, 6) is -1.41. The number of amides is 1. The first kappa shape index (κ1) is 17.2. The summed E-state index contributed by atoms with van der Waals surface area (Å²) in [4.78, 5) is 23.1. The van der Waals surface area contributed by atoms with Gasteiger partial charge in [0.25, 0.3) is 5.91 Å². The Labute approximate surface area is 125 Å². The van der Waals surface area contributed by atoms with Crippen LogP contribution in [0.5, 0.6) is 0 Å². The topological polar surface area (TPSA) is 75.6 Å². The van der Waals surface area contributed by atoms with Gasteiger partial charge in [-0.3, -0.25) is 9.59 Å². The van der Waals surface area contributed by atoms with Gasteiger partial charge in [-0.2, -0.15) is 0 Å². The average molecular weight is 293 g/mol. The molecule has 0 fully saturated rings. The molecule has 0 aromatic heterocycles. The molecule has 1 aromatic carbocycles. The van der Waals surface area contributed by atoms with Crippen molar-refractivity contribution in [3.63, 3.8) is 0 Å². The second kappa shape index (κ2) is 8.42. The van der Waals surface area contributed by atoms with Crippen LogP contribution in [0.2, 0.25) is 0 Å². The highest BCUT2D eigenvalue weighted by molar-refractivity contribution is 5.94. The predicted molar refractivity (Wildman–Crippen MR) is 80.1 cm³/mol. The number of carbonyl (C=O) groups excluding carboxylic acids is 1. The molecular weight excluding hydrogens is 270 g/mol. The minimum absolute atomic E-state index is 0.145. The zero-order valence-corrected chi connectivity index (χ0v) is 12.8. The van der Waals surface area contributed by atoms with Gasteiger partial charge in [0.15, 0.2) is 0 Å². The number of methoxy groups -OCH3 is 1. The lowest BCUT2D eigenvalue weighted by Gasteiger charge is -2.15. The van der Waals surface area contributed by atoms with Crippen molar-refractivity contribution in [2.45, 2.75) is 26.9 Å². The average Bonchev–Trinajstić information content (AvgIpc) is 2.43. The highest BCUT2D eigenvalue weighted by Gasteiger charge is 2.19. The number of carboxylic acid groups (broad SMARTS) is 1. The molecule has 0 saturated carbocycles. The van der Waals surface area contributed by atoms with E-state index in [4.69, 9.17) is 9.84 Å². The fourth-order valence-electron chi connectivity index (χ4n) is 2.08. The summed E-state index contributed by atoms with van der Waals surface area (Å²) in [6.07, 6.45) is 0.544. The van der Waals surface area contributed by atoms with Crippen LogP contribution < -0.4 is 5.32 Å². The van der Waals surface area contributed by atoms with Crippen molar-refractivity contribution in [2.24, 2.45) is 11.8 Å². The van der Waals surface area contributed by atoms with E-state index >= 15 is 0 Å². The lowest BCUT2D eigenvalue weighted by molar-refractivity contribution is -0.142. The number of rotatable bonds is 8. The third-order valence-corrected chi connectivity index (χ3v) is 3.14. The zero-order valence-electron chi connectivity index (χ0n) is 12.8. The molecule has 0 heterocycles. The van der Waals surface area contributed by atoms with Crippen LogP contribution in [-0.4, -0.2) is 30.6 Å². The third kappa shape index (κ3) is 5.95. The van der Waals surface area contributed by atoms with Gasteiger partial charge in [0.1, 0.15) is 0 Å². The number of hydrogen-bond donors (Lipinski definition) is 2. The van der Waals surface area contributed by atoms with Gasteiger partial charge in [-0.15, -0.1) is 0 Å². The van der Waals surface area contributed by atoms with Gasteiger partial charge < -0.3 is 15.2 Å². The molecule has 0 aliphatic carbocycles. The Kier molecular flexibility index (Phi) is 6.88. The molecule has 1 unspecified atom stereocenters. The molecule has 0 bridgehead atoms. The van der Waals surface area contributed by atoms with E-state index in [9.17, 15) is 9.59 Å². The molecule has 5 nitrogen and oxygen atoms in total. The molecule has 5 heteroatoms. The normalized spacial score (nSPS) is 12.2. The Hall–Kier alpha value is -1.88. The first-order valence-electron chi connectivity index (χ1n) is 7.03. The highest BCUT2D eigenvalue weighted by Crippen LogP contribution is 2.12. The van der Waals surface area contributed by atoms with Crippen molar-refractivity contribution in [3.8, 4) is 0 Å². The number of benzene rings is 1. The van der Waals surface area contributed by atoms with E-state index in [-0.39, 0.29) is 18.4 Å². The summed E-state index contributed by atoms with van der Waals surface area (Å²) in [6.45, 7) is 4.57. The molecule has 21 heavy (non-hydrogen) atoms. The van der Waals surface area contributed by atoms with Gasteiger partial charge in [-0.25, -0.2) is 0 Å². The molecule has 1 amide bonds. The molecule has 0 spiro atoms. The quantitative estimate of drug-likeness (QED) is 0.771. The number of ether oxygens (including phenoxy) is 1. The van der Waals surface area contributed by atoms with Crippen LogP contribution in [0.15, 0.2) is 24.3 Å². The standard InChI is InChI=1S/C16H23NO4/c1-11(2)8-14(16(19)20)9-17-15(18)13-6-4-12(5-7-13)10-21-3/h4-7,11,14H,8-10H2,1-3H3,(H,17,18)(H,19,20). The lowest BCUT2D eigenvalue weighted by Crippen LogP contribution is -2.33. The molecule has 116 valence electrons. The predicted octanol–water partition coefficient (Wildman–Crippen LogP) is 2.31. The molecule has 0 aliphatic heterocycles. The van der Waals surface area contributed by atoms with Crippen molar-refractivity contribution in [1.82, 2.24) is 5.32 Å². The van der Waals surface area contributed by atoms with Gasteiger partial charge in [-0.1, -0.05) is 26.0 Å². The van der Waals surface area contributed by atoms with Crippen LogP contribution in [0.25, 0.3) is 0 Å². The minimum Gasteiger partial charge on any atom is -0.481 e. The lowest BCUT2D eigenvalue weighted by atomic mass is 9.97. The van der Waals surface area contributed by atoms with E-state index in [0.29, 0.717) is 18.6 Å². The molecule has 1 aromatic rings. The fraction of sp³-hybridized carbons (Fsp3) is 0.500. The molecule has 0 aliphatic rings. The van der Waals surface area contributed by atoms with Gasteiger partial charge in [-0.05, 0) is 30.0 Å². The summed E-state index contributed by atoms with van der Waals surface area (Å²) in [7, 11) is 1.61. The second-order valence-corrected chi connectivity index (χ2v) is 5.50. The molecule has 1 rings (SSSR count). The number of aliphatic carboxylic acids is 1. The Morgan fingerprint density at radius 3 is 2.33 bits per heavy atom. The van der Waals surface area contributed by atoms with Gasteiger partial charge in [0.2, 0.25) is 0 Å². The monoisotopic (exact) mass is 293 g/mol. The third-order valence-electron chi connectivity index (χ3n) is 3.14. The van der Waals surface area contributed by atoms with Crippen molar-refractivity contribution in [3.05, 3.63) is 35.4 Å². The highest BCUT2D eigenvalue weighted by atomic mass is 16.5. The number of carbonyl (C=O) groups is 2. The first-order valence-corrected chi connectivity index (χ1v) is 7.03. The van der Waals surface area contributed by atoms with E-state index in [2.05, 4.69) is 5.32 Å². The maximum absolute atomic E-state index is 12.0. The van der Waals surface area contributed by atoms with E-state index in [0.717, 1.165) is 5.56 Å². The van der Waals surface area contributed by atoms with Crippen molar-refractivity contribution in [2.75, 3.05) is 13.7 Å². The smallest absolute Gasteiger partial charge is 0.308 e. The number of hydrogen-bond acceptors (Lipinski definition) is 3. The maximum atomic E-state index is 12.0. The van der Waals surface area contributed by atoms with E-state index < -0.39 is 11.9 Å². The summed E-state index contributed by atoms with van der Waals surface area (Å²) in [5, 5.41) is 11.8. The van der Waals surface area contributed by atoms with E-state index in [1.165, 1.54) is 0 Å². The van der Waals surface area contributed by atoms with Gasteiger partial charge in [0, 0.05) is 19.2 Å². The van der Waals surface area contributed by atoms with E-state index in [1.54, 1.807) is 19.2 Å². The molecule has 2 N–H and O–H groups in total. The molecule has 1 atom stereocenters. The Balaban J connectivity index is 2.57. The van der Waals surface area contributed by atoms with Gasteiger partial charge >= 0.3 is 5.97 Å². The van der Waals surface area contributed by atoms with Crippen LogP contribution in [0.3, 0.4) is 0 Å². The first-order chi connectivity index (χ1) is 9.93. The Bertz CT molecular complexity index is 468. The summed E-state index contributed by atoms with van der Waals surface area (Å²) >= 11 is 0. The van der Waals surface area contributed by atoms with Gasteiger partial charge in [0.05, 0.1) is 12.5 Å². The van der Waals surface area contributed by atoms with Crippen molar-refractivity contribution >= 4 is 11.9 Å². The zero-order chi connectivity index (χ0) is 15.8. The van der Waals surface area contributed by atoms with Crippen LogP contribution in [0.4, 0.5) is 0 Å². The van der Waals surface area contributed by atoms with E-state index in [1.807, 2.05) is 26.0 Å². The summed E-state index contributed by atoms with van der Waals surface area (Å²) < 4.78 is 5.00. The SMILES string of the molecule is COCc1ccc(C(=O)NCC(CC(C)C)C(=O)O)cc1. The summed E-state index contributed by atoms with van der Waals surface area (Å²) in [5.41, 5.74) is 1.50. The molecule has 0 saturated heterocycles.